The zero-order valence-corrected chi connectivity index (χ0v) is 14.0. The highest BCUT2D eigenvalue weighted by Gasteiger charge is 2.24. The first kappa shape index (κ1) is 17.8. The van der Waals surface area contributed by atoms with Gasteiger partial charge in [0.15, 0.2) is 0 Å². The molecule has 2 rings (SSSR count). The Morgan fingerprint density at radius 1 is 1.20 bits per heavy atom. The van der Waals surface area contributed by atoms with Crippen LogP contribution in [-0.4, -0.2) is 12.6 Å². The van der Waals surface area contributed by atoms with E-state index in [4.69, 9.17) is 11.6 Å². The molecule has 0 radical (unpaired) electrons. The molecule has 0 amide bonds. The van der Waals surface area contributed by atoms with Crippen LogP contribution in [0.1, 0.15) is 63.4 Å². The van der Waals surface area contributed by atoms with Gasteiger partial charge in [-0.15, -0.1) is 12.4 Å². The van der Waals surface area contributed by atoms with Crippen LogP contribution in [0.2, 0.25) is 5.02 Å². The molecule has 2 atom stereocenters. The molecular weight excluding hydrogens is 289 g/mol. The summed E-state index contributed by atoms with van der Waals surface area (Å²) in [5.41, 5.74) is 1.46. The number of hydrogen-bond acceptors (Lipinski definition) is 1. The molecule has 1 saturated heterocycles. The van der Waals surface area contributed by atoms with Crippen LogP contribution in [0.4, 0.5) is 0 Å². The quantitative estimate of drug-likeness (QED) is 0.677. The minimum absolute atomic E-state index is 0. The smallest absolute Gasteiger partial charge is 0.0406 e. The van der Waals surface area contributed by atoms with Crippen molar-refractivity contribution in [2.45, 2.75) is 63.8 Å². The van der Waals surface area contributed by atoms with Crippen LogP contribution >= 0.6 is 24.0 Å². The van der Waals surface area contributed by atoms with E-state index in [2.05, 4.69) is 24.4 Å². The fourth-order valence-electron chi connectivity index (χ4n) is 3.15. The maximum Gasteiger partial charge on any atom is 0.0406 e. The molecule has 1 nitrogen and oxygen atoms in total. The van der Waals surface area contributed by atoms with E-state index < -0.39 is 0 Å². The number of nitrogens with one attached hydrogen (secondary N) is 1. The van der Waals surface area contributed by atoms with E-state index in [9.17, 15) is 0 Å². The molecule has 1 aliphatic heterocycles. The van der Waals surface area contributed by atoms with Gasteiger partial charge in [-0.3, -0.25) is 0 Å². The first-order chi connectivity index (χ1) is 9.31. The molecule has 0 aromatic heterocycles. The highest BCUT2D eigenvalue weighted by molar-refractivity contribution is 6.30. The van der Waals surface area contributed by atoms with Gasteiger partial charge in [-0.1, -0.05) is 56.3 Å². The average molecular weight is 316 g/mol. The van der Waals surface area contributed by atoms with Crippen molar-refractivity contribution in [1.29, 1.82) is 0 Å². The van der Waals surface area contributed by atoms with Gasteiger partial charge in [0.05, 0.1) is 0 Å². The topological polar surface area (TPSA) is 12.0 Å². The second-order valence-corrected chi connectivity index (χ2v) is 6.15. The number of rotatable bonds is 6. The zero-order chi connectivity index (χ0) is 13.5. The molecule has 1 heterocycles. The molecule has 20 heavy (non-hydrogen) atoms. The molecule has 1 aromatic carbocycles. The van der Waals surface area contributed by atoms with Gasteiger partial charge in [0.2, 0.25) is 0 Å². The van der Waals surface area contributed by atoms with Crippen molar-refractivity contribution in [3.05, 3.63) is 34.9 Å². The monoisotopic (exact) mass is 315 g/mol. The van der Waals surface area contributed by atoms with E-state index >= 15 is 0 Å². The Kier molecular flexibility index (Phi) is 8.60. The minimum Gasteiger partial charge on any atom is -0.313 e. The molecule has 1 aliphatic rings. The normalized spacial score (nSPS) is 20.2. The summed E-state index contributed by atoms with van der Waals surface area (Å²) in [5.74, 6) is 0.657. The Hall–Kier alpha value is -0.240. The second-order valence-electron chi connectivity index (χ2n) is 5.71. The summed E-state index contributed by atoms with van der Waals surface area (Å²) in [6, 6.07) is 9.16. The van der Waals surface area contributed by atoms with Gasteiger partial charge < -0.3 is 5.32 Å². The number of halogens is 2. The number of unbranched alkanes of at least 4 members (excludes halogenated alkanes) is 2. The van der Waals surface area contributed by atoms with Crippen molar-refractivity contribution in [3.8, 4) is 0 Å². The highest BCUT2D eigenvalue weighted by atomic mass is 35.5. The van der Waals surface area contributed by atoms with Crippen LogP contribution in [0.3, 0.4) is 0 Å². The molecule has 0 saturated carbocycles. The third-order valence-electron chi connectivity index (χ3n) is 4.25. The first-order valence-electron chi connectivity index (χ1n) is 7.80. The van der Waals surface area contributed by atoms with Crippen LogP contribution in [0.25, 0.3) is 0 Å². The highest BCUT2D eigenvalue weighted by Crippen LogP contribution is 2.30. The van der Waals surface area contributed by atoms with Crippen LogP contribution in [0.15, 0.2) is 24.3 Å². The number of benzene rings is 1. The Morgan fingerprint density at radius 2 is 1.95 bits per heavy atom. The summed E-state index contributed by atoms with van der Waals surface area (Å²) in [6.07, 6.45) is 9.30. The van der Waals surface area contributed by atoms with E-state index in [1.807, 2.05) is 12.1 Å². The maximum absolute atomic E-state index is 6.01. The fraction of sp³-hybridized carbons (Fsp3) is 0.647. The maximum atomic E-state index is 6.01. The van der Waals surface area contributed by atoms with Crippen molar-refractivity contribution in [2.75, 3.05) is 6.54 Å². The van der Waals surface area contributed by atoms with Crippen molar-refractivity contribution in [2.24, 2.45) is 0 Å². The van der Waals surface area contributed by atoms with E-state index in [0.717, 1.165) is 5.02 Å². The molecule has 3 heteroatoms. The second kappa shape index (κ2) is 9.65. The summed E-state index contributed by atoms with van der Waals surface area (Å²) in [5, 5.41) is 4.57. The molecule has 2 unspecified atom stereocenters. The lowest BCUT2D eigenvalue weighted by atomic mass is 9.83. The first-order valence-corrected chi connectivity index (χ1v) is 8.18. The lowest BCUT2D eigenvalue weighted by molar-refractivity contribution is 0.333. The van der Waals surface area contributed by atoms with Gasteiger partial charge in [-0.25, -0.2) is 0 Å². The van der Waals surface area contributed by atoms with Crippen LogP contribution < -0.4 is 5.32 Å². The summed E-state index contributed by atoms with van der Waals surface area (Å²) in [4.78, 5) is 0. The van der Waals surface area contributed by atoms with Gasteiger partial charge in [0.1, 0.15) is 0 Å². The fourth-order valence-corrected chi connectivity index (χ4v) is 3.27. The minimum atomic E-state index is 0. The number of piperidine rings is 1. The van der Waals surface area contributed by atoms with Crippen LogP contribution in [-0.2, 0) is 0 Å². The summed E-state index contributed by atoms with van der Waals surface area (Å²) in [7, 11) is 0. The Morgan fingerprint density at radius 3 is 2.55 bits per heavy atom. The molecule has 0 aliphatic carbocycles. The molecule has 1 N–H and O–H groups in total. The van der Waals surface area contributed by atoms with Gasteiger partial charge in [-0.05, 0) is 49.4 Å². The lowest BCUT2D eigenvalue weighted by Gasteiger charge is -2.32. The van der Waals surface area contributed by atoms with Crippen molar-refractivity contribution < 1.29 is 0 Å². The molecule has 1 aromatic rings. The van der Waals surface area contributed by atoms with Gasteiger partial charge in [-0.2, -0.15) is 0 Å². The summed E-state index contributed by atoms with van der Waals surface area (Å²) < 4.78 is 0. The standard InChI is InChI=1S/C17H26ClN.ClH/c1-2-3-4-7-16(17-8-5-6-13-19-17)14-9-11-15(18)12-10-14;/h9-12,16-17,19H,2-8,13H2,1H3;1H. The Labute approximate surface area is 134 Å². The SMILES string of the molecule is CCCCCC(c1ccc(Cl)cc1)C1CCCCN1.Cl. The van der Waals surface area contributed by atoms with Crippen LogP contribution in [0, 0.1) is 0 Å². The van der Waals surface area contributed by atoms with E-state index in [-0.39, 0.29) is 12.4 Å². The third kappa shape index (κ3) is 5.27. The third-order valence-corrected chi connectivity index (χ3v) is 4.50. The van der Waals surface area contributed by atoms with Crippen molar-refractivity contribution in [3.63, 3.8) is 0 Å². The largest absolute Gasteiger partial charge is 0.313 e. The van der Waals surface area contributed by atoms with Crippen LogP contribution in [0.5, 0.6) is 0 Å². The number of hydrogen-bond donors (Lipinski definition) is 1. The molecular formula is C17H27Cl2N. The Bertz CT molecular complexity index is 358. The van der Waals surface area contributed by atoms with Crippen molar-refractivity contribution in [1.82, 2.24) is 5.32 Å². The molecule has 1 fully saturated rings. The zero-order valence-electron chi connectivity index (χ0n) is 12.4. The summed E-state index contributed by atoms with van der Waals surface area (Å²) in [6.45, 7) is 3.46. The lowest BCUT2D eigenvalue weighted by Crippen LogP contribution is -2.38. The van der Waals surface area contributed by atoms with Crippen molar-refractivity contribution >= 4 is 24.0 Å². The summed E-state index contributed by atoms with van der Waals surface area (Å²) >= 11 is 6.01. The average Bonchev–Trinajstić information content (AvgIpc) is 2.46. The van der Waals surface area contributed by atoms with E-state index in [1.54, 1.807) is 0 Å². The predicted octanol–water partition coefficient (Wildman–Crippen LogP) is 5.57. The van der Waals surface area contributed by atoms with E-state index in [1.165, 1.54) is 57.1 Å². The van der Waals surface area contributed by atoms with Gasteiger partial charge >= 0.3 is 0 Å². The van der Waals surface area contributed by atoms with E-state index in [0.29, 0.717) is 12.0 Å². The molecule has 0 spiro atoms. The predicted molar refractivity (Wildman–Crippen MR) is 91.2 cm³/mol. The molecule has 0 bridgehead atoms. The Balaban J connectivity index is 0.00000200. The van der Waals surface area contributed by atoms with Gasteiger partial charge in [0.25, 0.3) is 0 Å². The molecule has 114 valence electrons. The van der Waals surface area contributed by atoms with Gasteiger partial charge in [0, 0.05) is 11.1 Å².